The van der Waals surface area contributed by atoms with Gasteiger partial charge < -0.3 is 19.4 Å². The predicted molar refractivity (Wildman–Crippen MR) is 80.7 cm³/mol. The Balaban J connectivity index is 1.93. The zero-order valence-corrected chi connectivity index (χ0v) is 12.7. The van der Waals surface area contributed by atoms with Gasteiger partial charge in [0.1, 0.15) is 11.5 Å². The van der Waals surface area contributed by atoms with E-state index >= 15 is 0 Å². The van der Waals surface area contributed by atoms with E-state index in [4.69, 9.17) is 19.4 Å². The minimum atomic E-state index is 0.388. The Morgan fingerprint density at radius 3 is 3.00 bits per heavy atom. The van der Waals surface area contributed by atoms with Crippen LogP contribution in [-0.4, -0.2) is 37.3 Å². The van der Waals surface area contributed by atoms with Crippen molar-refractivity contribution in [2.75, 3.05) is 20.3 Å². The number of nitrogens with zero attached hydrogens (tertiary/aromatic N) is 1. The molecular weight excluding hydrogens is 270 g/mol. The van der Waals surface area contributed by atoms with E-state index in [9.17, 15) is 0 Å². The molecule has 1 fully saturated rings. The van der Waals surface area contributed by atoms with E-state index in [0.717, 1.165) is 43.6 Å². The van der Waals surface area contributed by atoms with Gasteiger partial charge in [0.15, 0.2) is 0 Å². The SMILES string of the molecule is COc1ccc(/C(C)=N/O)c(OCCCC2CCCO2)c1. The Morgan fingerprint density at radius 2 is 2.33 bits per heavy atom. The third-order valence-electron chi connectivity index (χ3n) is 3.68. The molecule has 1 aromatic rings. The average Bonchev–Trinajstić information content (AvgIpc) is 3.04. The van der Waals surface area contributed by atoms with E-state index in [1.54, 1.807) is 14.0 Å². The number of rotatable bonds is 7. The van der Waals surface area contributed by atoms with E-state index in [2.05, 4.69) is 5.16 Å². The second-order valence-corrected chi connectivity index (χ2v) is 5.17. The largest absolute Gasteiger partial charge is 0.497 e. The molecule has 21 heavy (non-hydrogen) atoms. The van der Waals surface area contributed by atoms with Crippen molar-refractivity contribution in [1.29, 1.82) is 0 Å². The van der Waals surface area contributed by atoms with Crippen molar-refractivity contribution in [3.05, 3.63) is 23.8 Å². The number of ether oxygens (including phenoxy) is 3. The third-order valence-corrected chi connectivity index (χ3v) is 3.68. The number of benzene rings is 1. The van der Waals surface area contributed by atoms with Crippen molar-refractivity contribution in [3.63, 3.8) is 0 Å². The molecule has 116 valence electrons. The first kappa shape index (κ1) is 15.6. The zero-order chi connectivity index (χ0) is 15.1. The summed E-state index contributed by atoms with van der Waals surface area (Å²) in [6.45, 7) is 3.23. The van der Waals surface area contributed by atoms with E-state index in [1.165, 1.54) is 0 Å². The van der Waals surface area contributed by atoms with Crippen LogP contribution in [0.4, 0.5) is 0 Å². The van der Waals surface area contributed by atoms with Gasteiger partial charge in [-0.25, -0.2) is 0 Å². The van der Waals surface area contributed by atoms with Gasteiger partial charge in [-0.2, -0.15) is 0 Å². The van der Waals surface area contributed by atoms with Crippen LogP contribution < -0.4 is 9.47 Å². The van der Waals surface area contributed by atoms with Gasteiger partial charge in [-0.15, -0.1) is 0 Å². The normalized spacial score (nSPS) is 18.8. The van der Waals surface area contributed by atoms with Crippen molar-refractivity contribution < 1.29 is 19.4 Å². The highest BCUT2D eigenvalue weighted by atomic mass is 16.5. The van der Waals surface area contributed by atoms with Gasteiger partial charge in [0.25, 0.3) is 0 Å². The highest BCUT2D eigenvalue weighted by Gasteiger charge is 2.15. The molecule has 1 atom stereocenters. The predicted octanol–water partition coefficient (Wildman–Crippen LogP) is 3.23. The molecule has 2 rings (SSSR count). The quantitative estimate of drug-likeness (QED) is 0.363. The summed E-state index contributed by atoms with van der Waals surface area (Å²) in [4.78, 5) is 0. The highest BCUT2D eigenvalue weighted by Crippen LogP contribution is 2.26. The summed E-state index contributed by atoms with van der Waals surface area (Å²) in [5, 5.41) is 12.2. The van der Waals surface area contributed by atoms with Crippen molar-refractivity contribution in [2.24, 2.45) is 5.16 Å². The summed E-state index contributed by atoms with van der Waals surface area (Å²) in [6.07, 6.45) is 4.67. The van der Waals surface area contributed by atoms with Crippen LogP contribution in [0.15, 0.2) is 23.4 Å². The first-order valence-electron chi connectivity index (χ1n) is 7.36. The molecule has 1 heterocycles. The lowest BCUT2D eigenvalue weighted by atomic mass is 10.1. The lowest BCUT2D eigenvalue weighted by Crippen LogP contribution is -2.09. The van der Waals surface area contributed by atoms with Gasteiger partial charge in [0.05, 0.1) is 25.5 Å². The second-order valence-electron chi connectivity index (χ2n) is 5.17. The lowest BCUT2D eigenvalue weighted by molar-refractivity contribution is 0.0981. The van der Waals surface area contributed by atoms with E-state index in [1.807, 2.05) is 18.2 Å². The Kier molecular flexibility index (Phi) is 5.87. The Morgan fingerprint density at radius 1 is 1.48 bits per heavy atom. The molecule has 0 aromatic heterocycles. The highest BCUT2D eigenvalue weighted by molar-refractivity contribution is 6.00. The van der Waals surface area contributed by atoms with E-state index < -0.39 is 0 Å². The molecule has 5 nitrogen and oxygen atoms in total. The monoisotopic (exact) mass is 293 g/mol. The van der Waals surface area contributed by atoms with Crippen LogP contribution in [-0.2, 0) is 4.74 Å². The van der Waals surface area contributed by atoms with Crippen LogP contribution in [0.3, 0.4) is 0 Å². The standard InChI is InChI=1S/C16H23NO4/c1-12(17-18)15-8-7-14(19-2)11-16(15)21-10-4-6-13-5-3-9-20-13/h7-8,11,13,18H,3-6,9-10H2,1-2H3/b17-12+. The Bertz CT molecular complexity index is 481. The van der Waals surface area contributed by atoms with Crippen molar-refractivity contribution in [2.45, 2.75) is 38.7 Å². The molecule has 0 spiro atoms. The van der Waals surface area contributed by atoms with Crippen molar-refractivity contribution in [1.82, 2.24) is 0 Å². The molecule has 0 bridgehead atoms. The maximum atomic E-state index is 8.94. The van der Waals surface area contributed by atoms with Gasteiger partial charge in [-0.1, -0.05) is 5.16 Å². The fourth-order valence-corrected chi connectivity index (χ4v) is 2.47. The maximum absolute atomic E-state index is 8.94. The van der Waals surface area contributed by atoms with Crippen molar-refractivity contribution in [3.8, 4) is 11.5 Å². The van der Waals surface area contributed by atoms with Crippen LogP contribution in [0.2, 0.25) is 0 Å². The maximum Gasteiger partial charge on any atom is 0.132 e. The van der Waals surface area contributed by atoms with Gasteiger partial charge in [-0.3, -0.25) is 0 Å². The van der Waals surface area contributed by atoms with Gasteiger partial charge in [0, 0.05) is 18.2 Å². The van der Waals surface area contributed by atoms with Crippen LogP contribution in [0.5, 0.6) is 11.5 Å². The summed E-state index contributed by atoms with van der Waals surface area (Å²) >= 11 is 0. The minimum absolute atomic E-state index is 0.388. The number of oxime groups is 1. The summed E-state index contributed by atoms with van der Waals surface area (Å²) < 4.78 is 16.6. The van der Waals surface area contributed by atoms with Crippen molar-refractivity contribution >= 4 is 5.71 Å². The summed E-state index contributed by atoms with van der Waals surface area (Å²) in [6, 6.07) is 5.47. The van der Waals surface area contributed by atoms with Crippen LogP contribution in [0, 0.1) is 0 Å². The molecule has 1 unspecified atom stereocenters. The molecule has 1 saturated heterocycles. The van der Waals surface area contributed by atoms with Gasteiger partial charge in [-0.05, 0) is 44.7 Å². The third kappa shape index (κ3) is 4.36. The molecular formula is C16H23NO4. The molecule has 1 aromatic carbocycles. The van der Waals surface area contributed by atoms with E-state index in [0.29, 0.717) is 24.2 Å². The van der Waals surface area contributed by atoms with Crippen LogP contribution >= 0.6 is 0 Å². The Hall–Kier alpha value is -1.75. The molecule has 0 saturated carbocycles. The molecule has 0 radical (unpaired) electrons. The van der Waals surface area contributed by atoms with Crippen LogP contribution in [0.25, 0.3) is 0 Å². The summed E-state index contributed by atoms with van der Waals surface area (Å²) in [7, 11) is 1.61. The number of hydrogen-bond donors (Lipinski definition) is 1. The second kappa shape index (κ2) is 7.88. The topological polar surface area (TPSA) is 60.3 Å². The lowest BCUT2D eigenvalue weighted by Gasteiger charge is -2.13. The molecule has 0 aliphatic carbocycles. The smallest absolute Gasteiger partial charge is 0.132 e. The van der Waals surface area contributed by atoms with Gasteiger partial charge >= 0.3 is 0 Å². The number of hydrogen-bond acceptors (Lipinski definition) is 5. The first-order valence-corrected chi connectivity index (χ1v) is 7.36. The fourth-order valence-electron chi connectivity index (χ4n) is 2.47. The minimum Gasteiger partial charge on any atom is -0.497 e. The van der Waals surface area contributed by atoms with Gasteiger partial charge in [0.2, 0.25) is 0 Å². The Labute approximate surface area is 125 Å². The zero-order valence-electron chi connectivity index (χ0n) is 12.7. The number of methoxy groups -OCH3 is 1. The molecule has 1 aliphatic rings. The summed E-state index contributed by atoms with van der Waals surface area (Å²) in [5.41, 5.74) is 1.29. The average molecular weight is 293 g/mol. The molecule has 0 amide bonds. The molecule has 1 N–H and O–H groups in total. The van der Waals surface area contributed by atoms with E-state index in [-0.39, 0.29) is 0 Å². The fraction of sp³-hybridized carbons (Fsp3) is 0.562. The molecule has 1 aliphatic heterocycles. The van der Waals surface area contributed by atoms with Crippen LogP contribution in [0.1, 0.15) is 38.2 Å². The molecule has 5 heteroatoms. The first-order chi connectivity index (χ1) is 10.2. The summed E-state index contributed by atoms with van der Waals surface area (Å²) in [5.74, 6) is 1.40.